The maximum absolute atomic E-state index is 9.91. The minimum Gasteiger partial charge on any atom is -0.198 e. The summed E-state index contributed by atoms with van der Waals surface area (Å²) >= 11 is 0. The van der Waals surface area contributed by atoms with E-state index in [0.29, 0.717) is 5.41 Å². The Bertz CT molecular complexity index is 452. The summed E-state index contributed by atoms with van der Waals surface area (Å²) < 4.78 is 0. The topological polar surface area (TPSA) is 23.8 Å². The third-order valence-electron chi connectivity index (χ3n) is 9.04. The zero-order valence-corrected chi connectivity index (χ0v) is 17.8. The second-order valence-electron chi connectivity index (χ2n) is 10.4. The molecule has 4 aliphatic carbocycles. The quantitative estimate of drug-likeness (QED) is 0.381. The van der Waals surface area contributed by atoms with Crippen molar-refractivity contribution < 1.29 is 0 Å². The van der Waals surface area contributed by atoms with Gasteiger partial charge >= 0.3 is 0 Å². The number of fused-ring (bicyclic) bond motifs is 3. The molecule has 1 nitrogen and oxygen atoms in total. The Kier molecular flexibility index (Phi) is 6.74. The molecule has 4 aliphatic rings. The Morgan fingerprint density at radius 2 is 1.35 bits per heavy atom. The molecule has 0 aromatic carbocycles. The van der Waals surface area contributed by atoms with Gasteiger partial charge in [-0.05, 0) is 93.8 Å². The predicted octanol–water partition coefficient (Wildman–Crippen LogP) is 8.19. The van der Waals surface area contributed by atoms with Gasteiger partial charge in [-0.1, -0.05) is 52.4 Å². The van der Waals surface area contributed by atoms with Gasteiger partial charge in [0.1, 0.15) is 0 Å². The molecular formula is C25H43N. The molecule has 26 heavy (non-hydrogen) atoms. The lowest BCUT2D eigenvalue weighted by atomic mass is 9.47. The average molecular weight is 358 g/mol. The first kappa shape index (κ1) is 20.2. The SMILES string of the molecule is CCCCCCCC1(C#N)CCC(C23CCC(CCC)(CC2)CC3)CC1. The van der Waals surface area contributed by atoms with Crippen LogP contribution in [0.1, 0.15) is 129 Å². The largest absolute Gasteiger partial charge is 0.198 e. The summed E-state index contributed by atoms with van der Waals surface area (Å²) in [5.74, 6) is 0.934. The molecule has 4 rings (SSSR count). The van der Waals surface area contributed by atoms with E-state index < -0.39 is 0 Å². The monoisotopic (exact) mass is 357 g/mol. The zero-order chi connectivity index (χ0) is 18.5. The van der Waals surface area contributed by atoms with Gasteiger partial charge in [-0.2, -0.15) is 5.26 Å². The molecule has 0 saturated heterocycles. The van der Waals surface area contributed by atoms with Gasteiger partial charge in [0.2, 0.25) is 0 Å². The second kappa shape index (κ2) is 8.67. The van der Waals surface area contributed by atoms with E-state index in [0.717, 1.165) is 11.3 Å². The lowest BCUT2D eigenvalue weighted by Gasteiger charge is -2.58. The Labute approximate surface area is 163 Å². The van der Waals surface area contributed by atoms with Crippen LogP contribution in [-0.2, 0) is 0 Å². The minimum absolute atomic E-state index is 0.0364. The first-order chi connectivity index (χ1) is 12.6. The van der Waals surface area contributed by atoms with E-state index in [1.165, 1.54) is 116 Å². The standard InChI is InChI=1S/C25H43N/c1-3-5-6-7-8-12-24(21-26)13-9-22(10-14-24)25-18-15-23(11-4-2,16-19-25)17-20-25/h22H,3-20H2,1-2H3. The molecule has 0 aromatic heterocycles. The van der Waals surface area contributed by atoms with E-state index in [-0.39, 0.29) is 5.41 Å². The molecule has 0 unspecified atom stereocenters. The number of hydrogen-bond donors (Lipinski definition) is 0. The van der Waals surface area contributed by atoms with Gasteiger partial charge in [0.25, 0.3) is 0 Å². The van der Waals surface area contributed by atoms with E-state index in [4.69, 9.17) is 0 Å². The number of rotatable bonds is 9. The molecule has 0 spiro atoms. The van der Waals surface area contributed by atoms with Crippen LogP contribution in [0.4, 0.5) is 0 Å². The highest BCUT2D eigenvalue weighted by Crippen LogP contribution is 2.64. The molecule has 1 heteroatoms. The number of hydrogen-bond acceptors (Lipinski definition) is 1. The van der Waals surface area contributed by atoms with Crippen LogP contribution in [0, 0.1) is 33.5 Å². The van der Waals surface area contributed by atoms with E-state index in [1.54, 1.807) is 0 Å². The summed E-state index contributed by atoms with van der Waals surface area (Å²) in [5.41, 5.74) is 1.45. The van der Waals surface area contributed by atoms with Crippen molar-refractivity contribution in [2.45, 2.75) is 129 Å². The maximum Gasteiger partial charge on any atom is 0.0689 e. The van der Waals surface area contributed by atoms with Crippen LogP contribution in [-0.4, -0.2) is 0 Å². The van der Waals surface area contributed by atoms with Crippen molar-refractivity contribution in [3.8, 4) is 6.07 Å². The zero-order valence-electron chi connectivity index (χ0n) is 17.8. The molecule has 4 fully saturated rings. The molecule has 0 aliphatic heterocycles. The molecule has 148 valence electrons. The van der Waals surface area contributed by atoms with Gasteiger partial charge in [-0.15, -0.1) is 0 Å². The van der Waals surface area contributed by atoms with Crippen molar-refractivity contribution in [3.63, 3.8) is 0 Å². The molecule has 0 heterocycles. The third kappa shape index (κ3) is 4.15. The van der Waals surface area contributed by atoms with E-state index >= 15 is 0 Å². The van der Waals surface area contributed by atoms with Gasteiger partial charge in [-0.3, -0.25) is 0 Å². The smallest absolute Gasteiger partial charge is 0.0689 e. The summed E-state index contributed by atoms with van der Waals surface area (Å²) in [6.07, 6.45) is 24.8. The molecule has 0 radical (unpaired) electrons. The second-order valence-corrected chi connectivity index (χ2v) is 10.4. The molecular weight excluding hydrogens is 314 g/mol. The number of nitriles is 1. The number of nitrogens with zero attached hydrogens (tertiary/aromatic N) is 1. The summed E-state index contributed by atoms with van der Waals surface area (Å²) in [6, 6.07) is 2.79. The van der Waals surface area contributed by atoms with Crippen molar-refractivity contribution in [1.29, 1.82) is 5.26 Å². The first-order valence-corrected chi connectivity index (χ1v) is 12.0. The van der Waals surface area contributed by atoms with E-state index in [1.807, 2.05) is 0 Å². The molecule has 2 bridgehead atoms. The third-order valence-corrected chi connectivity index (χ3v) is 9.04. The molecule has 0 aromatic rings. The van der Waals surface area contributed by atoms with Crippen molar-refractivity contribution in [2.24, 2.45) is 22.2 Å². The van der Waals surface area contributed by atoms with Crippen LogP contribution in [0.3, 0.4) is 0 Å². The van der Waals surface area contributed by atoms with Crippen LogP contribution >= 0.6 is 0 Å². The lowest BCUT2D eigenvalue weighted by Crippen LogP contribution is -2.47. The molecule has 0 atom stereocenters. The van der Waals surface area contributed by atoms with Gasteiger partial charge in [-0.25, -0.2) is 0 Å². The van der Waals surface area contributed by atoms with Crippen LogP contribution < -0.4 is 0 Å². The lowest BCUT2D eigenvalue weighted by molar-refractivity contribution is -0.0684. The average Bonchev–Trinajstić information content (AvgIpc) is 2.70. The van der Waals surface area contributed by atoms with Crippen LogP contribution in [0.25, 0.3) is 0 Å². The van der Waals surface area contributed by atoms with Gasteiger partial charge in [0.05, 0.1) is 11.5 Å². The highest BCUT2D eigenvalue weighted by molar-refractivity contribution is 5.07. The maximum atomic E-state index is 9.91. The van der Waals surface area contributed by atoms with Crippen molar-refractivity contribution >= 4 is 0 Å². The van der Waals surface area contributed by atoms with Crippen molar-refractivity contribution in [2.75, 3.05) is 0 Å². The van der Waals surface area contributed by atoms with Gasteiger partial charge in [0.15, 0.2) is 0 Å². The highest BCUT2D eigenvalue weighted by Gasteiger charge is 2.52. The predicted molar refractivity (Wildman–Crippen MR) is 111 cm³/mol. The summed E-state index contributed by atoms with van der Waals surface area (Å²) in [6.45, 7) is 4.65. The minimum atomic E-state index is 0.0364. The fraction of sp³-hybridized carbons (Fsp3) is 0.960. The fourth-order valence-corrected chi connectivity index (χ4v) is 7.08. The Morgan fingerprint density at radius 3 is 1.88 bits per heavy atom. The van der Waals surface area contributed by atoms with Crippen molar-refractivity contribution in [1.82, 2.24) is 0 Å². The molecule has 0 N–H and O–H groups in total. The summed E-state index contributed by atoms with van der Waals surface area (Å²) in [4.78, 5) is 0. The Hall–Kier alpha value is -0.510. The van der Waals surface area contributed by atoms with Gasteiger partial charge < -0.3 is 0 Å². The normalized spacial score (nSPS) is 39.7. The van der Waals surface area contributed by atoms with Gasteiger partial charge in [0, 0.05) is 0 Å². The van der Waals surface area contributed by atoms with E-state index in [9.17, 15) is 5.26 Å². The molecule has 0 amide bonds. The van der Waals surface area contributed by atoms with Crippen molar-refractivity contribution in [3.05, 3.63) is 0 Å². The first-order valence-electron chi connectivity index (χ1n) is 12.0. The fourth-order valence-electron chi connectivity index (χ4n) is 7.08. The Morgan fingerprint density at radius 1 is 0.731 bits per heavy atom. The van der Waals surface area contributed by atoms with E-state index in [2.05, 4.69) is 19.9 Å². The summed E-state index contributed by atoms with van der Waals surface area (Å²) in [5, 5.41) is 9.91. The van der Waals surface area contributed by atoms with Crippen LogP contribution in [0.15, 0.2) is 0 Å². The Balaban J connectivity index is 1.50. The molecule has 4 saturated carbocycles. The van der Waals surface area contributed by atoms with Crippen LogP contribution in [0.2, 0.25) is 0 Å². The number of unbranched alkanes of at least 4 members (excludes halogenated alkanes) is 4. The summed E-state index contributed by atoms with van der Waals surface area (Å²) in [7, 11) is 0. The highest BCUT2D eigenvalue weighted by atomic mass is 14.6. The van der Waals surface area contributed by atoms with Crippen LogP contribution in [0.5, 0.6) is 0 Å².